The lowest BCUT2D eigenvalue weighted by molar-refractivity contribution is -0.389. The van der Waals surface area contributed by atoms with E-state index < -0.39 is 28.9 Å². The molecule has 4 atom stereocenters. The van der Waals surface area contributed by atoms with Crippen molar-refractivity contribution in [3.05, 3.63) is 40.4 Å². The van der Waals surface area contributed by atoms with Crippen molar-refractivity contribution in [1.29, 1.82) is 0 Å². The molecule has 0 radical (unpaired) electrons. The molecule has 0 aliphatic carbocycles. The Kier molecular flexibility index (Phi) is 11.9. The van der Waals surface area contributed by atoms with Crippen LogP contribution < -0.4 is 11.5 Å². The van der Waals surface area contributed by atoms with Gasteiger partial charge in [-0.2, -0.15) is 0 Å². The highest BCUT2D eigenvalue weighted by molar-refractivity contribution is 6.03. The SMILES string of the molecule is CC(CO)C(O)CCn1cnc(C(N)=O)c1C(N)=O.CC(CO)C(O)CCn1cnc([N+](=O)[O-])c1. The minimum absolute atomic E-state index is 0.0728. The van der Waals surface area contributed by atoms with Gasteiger partial charge < -0.3 is 51.1 Å². The predicted octanol–water partition coefficient (Wildman–Crippen LogP) is -1.37. The summed E-state index contributed by atoms with van der Waals surface area (Å²) in [6, 6.07) is 0. The van der Waals surface area contributed by atoms with E-state index in [0.29, 0.717) is 13.0 Å². The van der Waals surface area contributed by atoms with Crippen molar-refractivity contribution in [2.24, 2.45) is 23.3 Å². The fourth-order valence-electron chi connectivity index (χ4n) is 2.92. The Morgan fingerprint density at radius 3 is 1.97 bits per heavy atom. The van der Waals surface area contributed by atoms with Crippen LogP contribution in [0.5, 0.6) is 0 Å². The number of nitro groups is 1. The van der Waals surface area contributed by atoms with Crippen molar-refractivity contribution in [1.82, 2.24) is 19.1 Å². The first-order chi connectivity index (χ1) is 16.4. The standard InChI is InChI=1S/C11H18N4O4.C9H15N3O4/c1-6(4-16)7(17)2-3-15-5-14-8(10(12)18)9(15)11(13)19;1-7(5-13)8(14)2-3-11-4-9(10-6-11)12(15)16/h5-7,16-17H,2-4H2,1H3,(H2,12,18)(H2,13,19);4,6-8,13-14H,2-3,5H2,1H3. The van der Waals surface area contributed by atoms with Crippen molar-refractivity contribution in [3.8, 4) is 0 Å². The molecular formula is C20H33N7O8. The molecule has 15 nitrogen and oxygen atoms in total. The fraction of sp³-hybridized carbons (Fsp3) is 0.600. The average molecular weight is 500 g/mol. The lowest BCUT2D eigenvalue weighted by atomic mass is 10.0. The third kappa shape index (κ3) is 9.05. The van der Waals surface area contributed by atoms with Crippen molar-refractivity contribution in [3.63, 3.8) is 0 Å². The molecule has 0 fully saturated rings. The van der Waals surface area contributed by atoms with Gasteiger partial charge >= 0.3 is 5.82 Å². The maximum atomic E-state index is 11.3. The van der Waals surface area contributed by atoms with Crippen LogP contribution in [0.15, 0.2) is 18.9 Å². The second-order valence-electron chi connectivity index (χ2n) is 8.12. The number of nitrogens with two attached hydrogens (primary N) is 2. The summed E-state index contributed by atoms with van der Waals surface area (Å²) in [7, 11) is 0. The maximum absolute atomic E-state index is 11.3. The van der Waals surface area contributed by atoms with Crippen molar-refractivity contribution in [2.75, 3.05) is 13.2 Å². The quantitative estimate of drug-likeness (QED) is 0.139. The summed E-state index contributed by atoms with van der Waals surface area (Å²) in [5, 5.41) is 47.4. The summed E-state index contributed by atoms with van der Waals surface area (Å²) in [5.41, 5.74) is 10.0. The number of hydrogen-bond donors (Lipinski definition) is 6. The zero-order valence-electron chi connectivity index (χ0n) is 19.6. The zero-order valence-corrected chi connectivity index (χ0v) is 19.6. The van der Waals surface area contributed by atoms with Gasteiger partial charge in [0.25, 0.3) is 11.8 Å². The van der Waals surface area contributed by atoms with E-state index in [1.165, 1.54) is 23.4 Å². The monoisotopic (exact) mass is 499 g/mol. The highest BCUT2D eigenvalue weighted by Gasteiger charge is 2.21. The molecule has 15 heteroatoms. The number of carbonyl (C=O) groups is 2. The Balaban J connectivity index is 0.000000355. The van der Waals surface area contributed by atoms with E-state index >= 15 is 0 Å². The largest absolute Gasteiger partial charge is 0.396 e. The second-order valence-corrected chi connectivity index (χ2v) is 8.12. The van der Waals surface area contributed by atoms with Gasteiger partial charge in [-0.3, -0.25) is 9.59 Å². The highest BCUT2D eigenvalue weighted by atomic mass is 16.6. The third-order valence-corrected chi connectivity index (χ3v) is 5.35. The summed E-state index contributed by atoms with van der Waals surface area (Å²) in [5.74, 6) is -2.33. The maximum Gasteiger partial charge on any atom is 0.381 e. The first-order valence-corrected chi connectivity index (χ1v) is 10.8. The van der Waals surface area contributed by atoms with Gasteiger partial charge in [0.05, 0.1) is 18.5 Å². The van der Waals surface area contributed by atoms with Gasteiger partial charge in [0.2, 0.25) is 6.33 Å². The number of imidazole rings is 2. The van der Waals surface area contributed by atoms with Gasteiger partial charge in [0.1, 0.15) is 11.9 Å². The Hall–Kier alpha value is -3.40. The highest BCUT2D eigenvalue weighted by Crippen LogP contribution is 2.12. The van der Waals surface area contributed by atoms with Crippen LogP contribution in [0.3, 0.4) is 0 Å². The molecule has 8 N–H and O–H groups in total. The number of primary amides is 2. The van der Waals surface area contributed by atoms with Crippen LogP contribution in [0.4, 0.5) is 5.82 Å². The number of aromatic nitrogens is 4. The van der Waals surface area contributed by atoms with E-state index in [1.807, 2.05) is 0 Å². The minimum Gasteiger partial charge on any atom is -0.396 e. The predicted molar refractivity (Wildman–Crippen MR) is 122 cm³/mol. The molecule has 2 heterocycles. The van der Waals surface area contributed by atoms with Gasteiger partial charge in [0.15, 0.2) is 5.69 Å². The van der Waals surface area contributed by atoms with Crippen LogP contribution in [0.2, 0.25) is 0 Å². The molecule has 0 aliphatic heterocycles. The van der Waals surface area contributed by atoms with E-state index in [2.05, 4.69) is 9.97 Å². The van der Waals surface area contributed by atoms with Gasteiger partial charge in [-0.25, -0.2) is 4.98 Å². The average Bonchev–Trinajstić information content (AvgIpc) is 3.47. The van der Waals surface area contributed by atoms with E-state index in [-0.39, 0.29) is 55.2 Å². The zero-order chi connectivity index (χ0) is 26.7. The second kappa shape index (κ2) is 14.1. The number of rotatable bonds is 13. The van der Waals surface area contributed by atoms with Gasteiger partial charge in [-0.05, 0) is 22.7 Å². The molecule has 0 aliphatic rings. The molecule has 2 aromatic rings. The van der Waals surface area contributed by atoms with Crippen LogP contribution >= 0.6 is 0 Å². The Morgan fingerprint density at radius 1 is 1.00 bits per heavy atom. The topological polar surface area (TPSA) is 246 Å². The summed E-state index contributed by atoms with van der Waals surface area (Å²) in [4.78, 5) is 39.5. The molecule has 2 rings (SSSR count). The molecule has 0 aromatic carbocycles. The molecule has 196 valence electrons. The van der Waals surface area contributed by atoms with E-state index in [4.69, 9.17) is 21.7 Å². The van der Waals surface area contributed by atoms with E-state index in [0.717, 1.165) is 0 Å². The number of nitrogens with zero attached hydrogens (tertiary/aromatic N) is 5. The van der Waals surface area contributed by atoms with Gasteiger partial charge in [-0.1, -0.05) is 13.8 Å². The molecule has 35 heavy (non-hydrogen) atoms. The van der Waals surface area contributed by atoms with E-state index in [9.17, 15) is 29.9 Å². The van der Waals surface area contributed by atoms with Crippen LogP contribution in [0.25, 0.3) is 0 Å². The Morgan fingerprint density at radius 2 is 1.54 bits per heavy atom. The van der Waals surface area contributed by atoms with E-state index in [1.54, 1.807) is 18.4 Å². The van der Waals surface area contributed by atoms with Crippen LogP contribution in [-0.2, 0) is 13.1 Å². The smallest absolute Gasteiger partial charge is 0.381 e. The van der Waals surface area contributed by atoms with Gasteiger partial charge in [0, 0.05) is 38.1 Å². The summed E-state index contributed by atoms with van der Waals surface area (Å²) >= 11 is 0. The van der Waals surface area contributed by atoms with Crippen LogP contribution in [0.1, 0.15) is 47.7 Å². The Bertz CT molecular complexity index is 977. The van der Waals surface area contributed by atoms with Crippen molar-refractivity contribution < 1.29 is 34.9 Å². The number of aryl methyl sites for hydroxylation is 2. The summed E-state index contributed by atoms with van der Waals surface area (Å²) < 4.78 is 2.92. The number of hydrogen-bond acceptors (Lipinski definition) is 10. The number of amides is 2. The van der Waals surface area contributed by atoms with Crippen LogP contribution in [0, 0.1) is 22.0 Å². The molecule has 2 aromatic heterocycles. The Labute approximate surface area is 201 Å². The molecule has 4 unspecified atom stereocenters. The third-order valence-electron chi connectivity index (χ3n) is 5.35. The first-order valence-electron chi connectivity index (χ1n) is 10.8. The molecule has 0 saturated carbocycles. The molecule has 0 saturated heterocycles. The normalized spacial score (nSPS) is 14.3. The minimum atomic E-state index is -0.836. The lowest BCUT2D eigenvalue weighted by Crippen LogP contribution is -2.26. The first kappa shape index (κ1) is 29.6. The molecule has 0 bridgehead atoms. The van der Waals surface area contributed by atoms with Gasteiger partial charge in [-0.15, -0.1) is 0 Å². The summed E-state index contributed by atoms with van der Waals surface area (Å²) in [6.45, 7) is 3.89. The fourth-order valence-corrected chi connectivity index (χ4v) is 2.92. The molecular weight excluding hydrogens is 466 g/mol. The molecule has 2 amide bonds. The number of carbonyl (C=O) groups excluding carboxylic acids is 2. The lowest BCUT2D eigenvalue weighted by Gasteiger charge is -2.17. The summed E-state index contributed by atoms with van der Waals surface area (Å²) in [6.07, 6.45) is 3.31. The van der Waals surface area contributed by atoms with Crippen molar-refractivity contribution in [2.45, 2.75) is 52.0 Å². The number of aliphatic hydroxyl groups excluding tert-OH is 4. The number of aliphatic hydroxyl groups is 4. The van der Waals surface area contributed by atoms with Crippen LogP contribution in [-0.4, -0.2) is 81.7 Å². The van der Waals surface area contributed by atoms with Crippen molar-refractivity contribution >= 4 is 17.6 Å². The molecule has 0 spiro atoms.